The average Bonchev–Trinajstić information content (AvgIpc) is 3.00. The Kier molecular flexibility index (Phi) is 4.84. The minimum absolute atomic E-state index is 0.149. The van der Waals surface area contributed by atoms with Crippen LogP contribution in [0.5, 0.6) is 5.75 Å². The highest BCUT2D eigenvalue weighted by Gasteiger charge is 2.15. The molecule has 3 rings (SSSR count). The Morgan fingerprint density at radius 2 is 2.09 bits per heavy atom. The molecule has 0 bridgehead atoms. The zero-order chi connectivity index (χ0) is 16.2. The summed E-state index contributed by atoms with van der Waals surface area (Å²) in [7, 11) is 0. The summed E-state index contributed by atoms with van der Waals surface area (Å²) in [5, 5.41) is 6.80. The minimum Gasteiger partial charge on any atom is -0.481 e. The summed E-state index contributed by atoms with van der Waals surface area (Å²) in [4.78, 5) is 12.2. The second-order valence-corrected chi connectivity index (χ2v) is 6.08. The number of hydrogen-bond donors (Lipinski definition) is 2. The third-order valence-electron chi connectivity index (χ3n) is 3.85. The molecule has 1 aliphatic heterocycles. The standard InChI is InChI=1S/C18H19ClN2O2/c1-12(23-17-4-2-3-16(19)8-17)18(22)21-9-13-5-6-14-10-20-11-15(14)7-13/h2-8,12,20H,9-11H2,1H3,(H,21,22). The molecule has 2 aromatic rings. The second-order valence-electron chi connectivity index (χ2n) is 5.64. The van der Waals surface area contributed by atoms with Gasteiger partial charge >= 0.3 is 0 Å². The van der Waals surface area contributed by atoms with E-state index in [1.807, 2.05) is 0 Å². The molecule has 1 amide bonds. The molecule has 0 saturated heterocycles. The summed E-state index contributed by atoms with van der Waals surface area (Å²) in [5.41, 5.74) is 3.73. The average molecular weight is 331 g/mol. The number of ether oxygens (including phenoxy) is 1. The largest absolute Gasteiger partial charge is 0.481 e. The van der Waals surface area contributed by atoms with E-state index in [1.165, 1.54) is 11.1 Å². The molecule has 1 unspecified atom stereocenters. The van der Waals surface area contributed by atoms with E-state index in [1.54, 1.807) is 31.2 Å². The molecule has 0 radical (unpaired) electrons. The van der Waals surface area contributed by atoms with Crippen LogP contribution in [0.15, 0.2) is 42.5 Å². The molecule has 1 atom stereocenters. The fourth-order valence-electron chi connectivity index (χ4n) is 2.59. The molecule has 0 aliphatic carbocycles. The van der Waals surface area contributed by atoms with Crippen molar-refractivity contribution in [3.63, 3.8) is 0 Å². The summed E-state index contributed by atoms with van der Waals surface area (Å²) >= 11 is 5.91. The highest BCUT2D eigenvalue weighted by Crippen LogP contribution is 2.19. The number of nitrogens with one attached hydrogen (secondary N) is 2. The van der Waals surface area contributed by atoms with Crippen molar-refractivity contribution in [3.8, 4) is 5.75 Å². The topological polar surface area (TPSA) is 50.4 Å². The molecule has 0 aromatic heterocycles. The van der Waals surface area contributed by atoms with Gasteiger partial charge in [0.25, 0.3) is 5.91 Å². The van der Waals surface area contributed by atoms with Crippen LogP contribution >= 0.6 is 11.6 Å². The van der Waals surface area contributed by atoms with E-state index in [4.69, 9.17) is 16.3 Å². The van der Waals surface area contributed by atoms with Crippen LogP contribution < -0.4 is 15.4 Å². The second kappa shape index (κ2) is 7.02. The van der Waals surface area contributed by atoms with E-state index in [-0.39, 0.29) is 5.91 Å². The first-order valence-electron chi connectivity index (χ1n) is 7.63. The Morgan fingerprint density at radius 3 is 2.91 bits per heavy atom. The number of fused-ring (bicyclic) bond motifs is 1. The van der Waals surface area contributed by atoms with Gasteiger partial charge in [-0.2, -0.15) is 0 Å². The Balaban J connectivity index is 1.54. The van der Waals surface area contributed by atoms with Crippen LogP contribution in [-0.4, -0.2) is 12.0 Å². The van der Waals surface area contributed by atoms with E-state index in [0.29, 0.717) is 17.3 Å². The van der Waals surface area contributed by atoms with Gasteiger partial charge in [-0.1, -0.05) is 35.9 Å². The van der Waals surface area contributed by atoms with Crippen LogP contribution in [0.25, 0.3) is 0 Å². The van der Waals surface area contributed by atoms with Crippen molar-refractivity contribution in [1.29, 1.82) is 0 Å². The van der Waals surface area contributed by atoms with Crippen LogP contribution in [-0.2, 0) is 24.4 Å². The number of halogens is 1. The molecular formula is C18H19ClN2O2. The molecule has 2 aromatic carbocycles. The molecule has 2 N–H and O–H groups in total. The van der Waals surface area contributed by atoms with Crippen molar-refractivity contribution in [3.05, 3.63) is 64.2 Å². The maximum absolute atomic E-state index is 12.2. The molecule has 0 spiro atoms. The quantitative estimate of drug-likeness (QED) is 0.886. The summed E-state index contributed by atoms with van der Waals surface area (Å²) in [6.07, 6.45) is -0.579. The molecule has 1 aliphatic rings. The van der Waals surface area contributed by atoms with E-state index in [2.05, 4.69) is 28.8 Å². The van der Waals surface area contributed by atoms with Crippen molar-refractivity contribution in [2.75, 3.05) is 0 Å². The number of benzene rings is 2. The predicted molar refractivity (Wildman–Crippen MR) is 90.4 cm³/mol. The Hall–Kier alpha value is -2.04. The van der Waals surface area contributed by atoms with Gasteiger partial charge in [0.2, 0.25) is 0 Å². The van der Waals surface area contributed by atoms with Gasteiger partial charge in [0.15, 0.2) is 6.10 Å². The van der Waals surface area contributed by atoms with Crippen LogP contribution in [0.3, 0.4) is 0 Å². The summed E-state index contributed by atoms with van der Waals surface area (Å²) < 4.78 is 5.61. The lowest BCUT2D eigenvalue weighted by Gasteiger charge is -2.15. The van der Waals surface area contributed by atoms with Crippen LogP contribution in [0.1, 0.15) is 23.6 Å². The summed E-state index contributed by atoms with van der Waals surface area (Å²) in [5.74, 6) is 0.437. The smallest absolute Gasteiger partial charge is 0.261 e. The van der Waals surface area contributed by atoms with Gasteiger partial charge in [-0.25, -0.2) is 0 Å². The van der Waals surface area contributed by atoms with Crippen molar-refractivity contribution < 1.29 is 9.53 Å². The van der Waals surface area contributed by atoms with Crippen molar-refractivity contribution >= 4 is 17.5 Å². The molecule has 5 heteroatoms. The molecule has 0 fully saturated rings. The maximum Gasteiger partial charge on any atom is 0.261 e. The lowest BCUT2D eigenvalue weighted by molar-refractivity contribution is -0.127. The fourth-order valence-corrected chi connectivity index (χ4v) is 2.77. The monoisotopic (exact) mass is 330 g/mol. The zero-order valence-electron chi connectivity index (χ0n) is 12.9. The zero-order valence-corrected chi connectivity index (χ0v) is 13.7. The molecule has 4 nitrogen and oxygen atoms in total. The number of carbonyl (C=O) groups excluding carboxylic acids is 1. The number of carbonyl (C=O) groups is 1. The van der Waals surface area contributed by atoms with Crippen LogP contribution in [0.4, 0.5) is 0 Å². The first-order valence-corrected chi connectivity index (χ1v) is 8.01. The van der Waals surface area contributed by atoms with Gasteiger partial charge in [0, 0.05) is 24.7 Å². The van der Waals surface area contributed by atoms with Gasteiger partial charge in [0.1, 0.15) is 5.75 Å². The molecule has 23 heavy (non-hydrogen) atoms. The molecule has 1 heterocycles. The van der Waals surface area contributed by atoms with Crippen LogP contribution in [0.2, 0.25) is 5.02 Å². The first kappa shape index (κ1) is 15.8. The minimum atomic E-state index is -0.579. The Morgan fingerprint density at radius 1 is 1.26 bits per heavy atom. The first-order chi connectivity index (χ1) is 11.1. The van der Waals surface area contributed by atoms with E-state index >= 15 is 0 Å². The molecule has 0 saturated carbocycles. The van der Waals surface area contributed by atoms with Gasteiger partial charge in [-0.05, 0) is 41.8 Å². The molecular weight excluding hydrogens is 312 g/mol. The number of amides is 1. The van der Waals surface area contributed by atoms with E-state index in [9.17, 15) is 4.79 Å². The summed E-state index contributed by atoms with van der Waals surface area (Å²) in [6.45, 7) is 4.04. The van der Waals surface area contributed by atoms with Gasteiger partial charge in [0.05, 0.1) is 0 Å². The van der Waals surface area contributed by atoms with Crippen molar-refractivity contribution in [1.82, 2.24) is 10.6 Å². The fraction of sp³-hybridized carbons (Fsp3) is 0.278. The van der Waals surface area contributed by atoms with Gasteiger partial charge in [-0.3, -0.25) is 4.79 Å². The highest BCUT2D eigenvalue weighted by atomic mass is 35.5. The Labute approximate surface area is 140 Å². The third-order valence-corrected chi connectivity index (χ3v) is 4.08. The normalized spacial score (nSPS) is 14.2. The SMILES string of the molecule is CC(Oc1cccc(Cl)c1)C(=O)NCc1ccc2c(c1)CNC2. The van der Waals surface area contributed by atoms with Crippen molar-refractivity contribution in [2.24, 2.45) is 0 Å². The lowest BCUT2D eigenvalue weighted by atomic mass is 10.1. The van der Waals surface area contributed by atoms with E-state index in [0.717, 1.165) is 18.7 Å². The lowest BCUT2D eigenvalue weighted by Crippen LogP contribution is -2.35. The van der Waals surface area contributed by atoms with Crippen molar-refractivity contribution in [2.45, 2.75) is 32.7 Å². The number of rotatable bonds is 5. The van der Waals surface area contributed by atoms with E-state index < -0.39 is 6.10 Å². The van der Waals surface area contributed by atoms with Crippen LogP contribution in [0, 0.1) is 0 Å². The number of hydrogen-bond acceptors (Lipinski definition) is 3. The predicted octanol–water partition coefficient (Wildman–Crippen LogP) is 3.03. The third kappa shape index (κ3) is 4.03. The Bertz CT molecular complexity index is 718. The summed E-state index contributed by atoms with van der Waals surface area (Å²) in [6, 6.07) is 13.3. The van der Waals surface area contributed by atoms with Gasteiger partial charge < -0.3 is 15.4 Å². The molecule has 120 valence electrons. The maximum atomic E-state index is 12.2. The highest BCUT2D eigenvalue weighted by molar-refractivity contribution is 6.30. The van der Waals surface area contributed by atoms with Gasteiger partial charge in [-0.15, -0.1) is 0 Å².